The largest absolute Gasteiger partial charge is 0.507 e. The van der Waals surface area contributed by atoms with Gasteiger partial charge in [-0.05, 0) is 48.5 Å². The van der Waals surface area contributed by atoms with Crippen LogP contribution in [0.3, 0.4) is 0 Å². The number of carbonyl (C=O) groups is 2. The van der Waals surface area contributed by atoms with E-state index in [0.29, 0.717) is 34.4 Å². The average molecular weight is 891 g/mol. The fraction of sp³-hybridized carbons (Fsp3) is 0.0385. The van der Waals surface area contributed by atoms with E-state index in [1.54, 1.807) is 24.3 Å². The summed E-state index contributed by atoms with van der Waals surface area (Å²) >= 11 is 0. The van der Waals surface area contributed by atoms with Crippen molar-refractivity contribution >= 4 is 11.9 Å². The summed E-state index contributed by atoms with van der Waals surface area (Å²) in [6.45, 7) is -0.924. The maximum Gasteiger partial charge on any atom is 0.340 e. The van der Waals surface area contributed by atoms with Gasteiger partial charge in [0.15, 0.2) is 34.9 Å². The standard InChI is InChI=1S/C52H36N6O8.H2O/c59-43-29-39(25-27-41(43)49-55-45(33-13-5-1-6-14-33)53-46(56-49)34-15-7-2-8-16-34)63-31-65-51(61)37-21-23-38(24-22-37)52(62)66-32-64-40-26-28-42(44(60)30-40)50-57-47(35-17-9-3-10-18-35)54-48(58-50)36-19-11-4-12-20-36;/h1-30,59-60H,31-32H2;1H2. The molecule has 0 aliphatic rings. The summed E-state index contributed by atoms with van der Waals surface area (Å²) in [5.74, 6) is 1.03. The van der Waals surface area contributed by atoms with Crippen LogP contribution in [0.15, 0.2) is 182 Å². The lowest BCUT2D eigenvalue weighted by Gasteiger charge is -2.12. The molecule has 7 aromatic carbocycles. The lowest BCUT2D eigenvalue weighted by Crippen LogP contribution is -2.12. The Kier molecular flexibility index (Phi) is 13.5. The Hall–Kier alpha value is -9.34. The van der Waals surface area contributed by atoms with Gasteiger partial charge in [-0.1, -0.05) is 121 Å². The van der Waals surface area contributed by atoms with E-state index in [-0.39, 0.29) is 51.2 Å². The molecule has 0 radical (unpaired) electrons. The van der Waals surface area contributed by atoms with Crippen LogP contribution in [-0.4, -0.2) is 71.1 Å². The highest BCUT2D eigenvalue weighted by atomic mass is 16.7. The monoisotopic (exact) mass is 890 g/mol. The Labute approximate surface area is 383 Å². The Morgan fingerprint density at radius 1 is 0.373 bits per heavy atom. The van der Waals surface area contributed by atoms with E-state index in [1.807, 2.05) is 121 Å². The van der Waals surface area contributed by atoms with Gasteiger partial charge in [0.1, 0.15) is 23.0 Å². The smallest absolute Gasteiger partial charge is 0.340 e. The maximum atomic E-state index is 12.8. The first-order valence-electron chi connectivity index (χ1n) is 20.5. The molecule has 0 amide bonds. The first-order valence-corrected chi connectivity index (χ1v) is 20.5. The Morgan fingerprint density at radius 2 is 0.657 bits per heavy atom. The van der Waals surface area contributed by atoms with Crippen LogP contribution in [0.2, 0.25) is 0 Å². The van der Waals surface area contributed by atoms with Gasteiger partial charge in [-0.15, -0.1) is 0 Å². The molecule has 0 atom stereocenters. The molecular formula is C52H38N6O9. The summed E-state index contributed by atoms with van der Waals surface area (Å²) in [6, 6.07) is 52.7. The zero-order valence-electron chi connectivity index (χ0n) is 35.3. The zero-order chi connectivity index (χ0) is 45.2. The van der Waals surface area contributed by atoms with Crippen LogP contribution >= 0.6 is 0 Å². The summed E-state index contributed by atoms with van der Waals surface area (Å²) in [4.78, 5) is 53.6. The Morgan fingerprint density at radius 3 is 0.940 bits per heavy atom. The topological polar surface area (TPSA) is 220 Å². The van der Waals surface area contributed by atoms with Crippen molar-refractivity contribution in [1.82, 2.24) is 29.9 Å². The van der Waals surface area contributed by atoms with Gasteiger partial charge in [-0.2, -0.15) is 0 Å². The number of ether oxygens (including phenoxy) is 4. The Bertz CT molecular complexity index is 2820. The second-order valence-corrected chi connectivity index (χ2v) is 14.4. The summed E-state index contributed by atoms with van der Waals surface area (Å²) in [5, 5.41) is 22.0. The normalized spacial score (nSPS) is 10.6. The minimum Gasteiger partial charge on any atom is -0.507 e. The summed E-state index contributed by atoms with van der Waals surface area (Å²) in [6.07, 6.45) is 0. The molecule has 0 bridgehead atoms. The molecule has 0 unspecified atom stereocenters. The van der Waals surface area contributed by atoms with E-state index in [2.05, 4.69) is 29.9 Å². The number of phenols is 2. The molecule has 0 fully saturated rings. The molecule has 0 aliphatic heterocycles. The second-order valence-electron chi connectivity index (χ2n) is 14.4. The quantitative estimate of drug-likeness (QED) is 0.0769. The molecule has 2 heterocycles. The first kappa shape index (κ1) is 44.3. The third kappa shape index (κ3) is 10.6. The number of phenolic OH excluding ortho intramolecular Hbond substituents is 2. The van der Waals surface area contributed by atoms with Crippen molar-refractivity contribution < 1.29 is 44.2 Å². The number of aromatic hydroxyl groups is 2. The van der Waals surface area contributed by atoms with Gasteiger partial charge >= 0.3 is 11.9 Å². The van der Waals surface area contributed by atoms with E-state index >= 15 is 0 Å². The predicted octanol–water partition coefficient (Wildman–Crippen LogP) is 9.03. The number of nitrogens with zero attached hydrogens (tertiary/aromatic N) is 6. The van der Waals surface area contributed by atoms with Crippen LogP contribution in [0.1, 0.15) is 20.7 Å². The molecular weight excluding hydrogens is 853 g/mol. The molecule has 9 rings (SSSR count). The highest BCUT2D eigenvalue weighted by Gasteiger charge is 2.18. The van der Waals surface area contributed by atoms with E-state index in [1.165, 1.54) is 36.4 Å². The molecule has 9 aromatic rings. The van der Waals surface area contributed by atoms with Gasteiger partial charge in [0, 0.05) is 34.4 Å². The molecule has 67 heavy (non-hydrogen) atoms. The van der Waals surface area contributed by atoms with Crippen LogP contribution < -0.4 is 9.47 Å². The maximum absolute atomic E-state index is 12.8. The number of benzene rings is 7. The SMILES string of the molecule is O.O=C(OCOc1ccc(-c2nc(-c3ccccc3)nc(-c3ccccc3)n2)c(O)c1)c1ccc(C(=O)OCOc2ccc(-c3nc(-c4ccccc4)nc(-c4ccccc4)n3)c(O)c2)cc1. The number of rotatable bonds is 14. The second kappa shape index (κ2) is 20.4. The van der Waals surface area contributed by atoms with Gasteiger partial charge in [0.05, 0.1) is 22.3 Å². The van der Waals surface area contributed by atoms with Crippen molar-refractivity contribution in [3.8, 4) is 91.3 Å². The van der Waals surface area contributed by atoms with E-state index in [4.69, 9.17) is 18.9 Å². The molecule has 4 N–H and O–H groups in total. The summed E-state index contributed by atoms with van der Waals surface area (Å²) in [7, 11) is 0. The van der Waals surface area contributed by atoms with E-state index in [0.717, 1.165) is 22.3 Å². The minimum absolute atomic E-state index is 0. The lowest BCUT2D eigenvalue weighted by molar-refractivity contribution is 0.0139. The van der Waals surface area contributed by atoms with E-state index < -0.39 is 25.5 Å². The van der Waals surface area contributed by atoms with Crippen LogP contribution in [0.4, 0.5) is 0 Å². The number of hydrogen-bond donors (Lipinski definition) is 2. The molecule has 330 valence electrons. The lowest BCUT2D eigenvalue weighted by atomic mass is 10.1. The fourth-order valence-electron chi connectivity index (χ4n) is 6.65. The summed E-state index contributed by atoms with van der Waals surface area (Å²) < 4.78 is 21.8. The van der Waals surface area contributed by atoms with Gasteiger partial charge in [0.25, 0.3) is 0 Å². The molecule has 15 heteroatoms. The van der Waals surface area contributed by atoms with E-state index in [9.17, 15) is 19.8 Å². The molecule has 0 spiro atoms. The number of hydrogen-bond acceptors (Lipinski definition) is 14. The molecule has 2 aromatic heterocycles. The number of aromatic nitrogens is 6. The molecule has 0 saturated carbocycles. The summed E-state index contributed by atoms with van der Waals surface area (Å²) in [5.41, 5.74) is 4.16. The van der Waals surface area contributed by atoms with Crippen molar-refractivity contribution in [2.24, 2.45) is 0 Å². The average Bonchev–Trinajstić information content (AvgIpc) is 3.37. The van der Waals surface area contributed by atoms with Crippen LogP contribution in [0.25, 0.3) is 68.3 Å². The van der Waals surface area contributed by atoms with Crippen molar-refractivity contribution in [2.45, 2.75) is 0 Å². The third-order valence-corrected chi connectivity index (χ3v) is 10.0. The van der Waals surface area contributed by atoms with Crippen LogP contribution in [0, 0.1) is 0 Å². The van der Waals surface area contributed by atoms with Crippen LogP contribution in [0.5, 0.6) is 23.0 Å². The van der Waals surface area contributed by atoms with Crippen molar-refractivity contribution in [1.29, 1.82) is 0 Å². The minimum atomic E-state index is -0.709. The number of esters is 2. The number of carbonyl (C=O) groups excluding carboxylic acids is 2. The highest BCUT2D eigenvalue weighted by Crippen LogP contribution is 2.34. The zero-order valence-corrected chi connectivity index (χ0v) is 35.3. The fourth-order valence-corrected chi connectivity index (χ4v) is 6.65. The van der Waals surface area contributed by atoms with Crippen LogP contribution in [-0.2, 0) is 9.47 Å². The third-order valence-electron chi connectivity index (χ3n) is 10.0. The first-order chi connectivity index (χ1) is 32.3. The van der Waals surface area contributed by atoms with Gasteiger partial charge < -0.3 is 34.6 Å². The van der Waals surface area contributed by atoms with Gasteiger partial charge in [-0.3, -0.25) is 0 Å². The van der Waals surface area contributed by atoms with Crippen molar-refractivity contribution in [3.05, 3.63) is 193 Å². The van der Waals surface area contributed by atoms with Gasteiger partial charge in [0.2, 0.25) is 13.6 Å². The molecule has 0 aliphatic carbocycles. The Balaban J connectivity index is 0.00000608. The predicted molar refractivity (Wildman–Crippen MR) is 247 cm³/mol. The molecule has 0 saturated heterocycles. The van der Waals surface area contributed by atoms with Crippen molar-refractivity contribution in [2.75, 3.05) is 13.6 Å². The highest BCUT2D eigenvalue weighted by molar-refractivity contribution is 5.93. The molecule has 15 nitrogen and oxygen atoms in total. The van der Waals surface area contributed by atoms with Gasteiger partial charge in [-0.25, -0.2) is 39.5 Å². The van der Waals surface area contributed by atoms with Crippen molar-refractivity contribution in [3.63, 3.8) is 0 Å².